The molecule has 0 radical (unpaired) electrons. The minimum atomic E-state index is -0.722. The van der Waals surface area contributed by atoms with E-state index in [0.29, 0.717) is 23.6 Å². The number of hydrogen-bond acceptors (Lipinski definition) is 6. The number of benzene rings is 2. The molecule has 3 rings (SSSR count). The molecule has 0 aliphatic rings. The smallest absolute Gasteiger partial charge is 0.338 e. The first-order valence-electron chi connectivity index (χ1n) is 8.57. The first-order valence-corrected chi connectivity index (χ1v) is 8.57. The van der Waals surface area contributed by atoms with E-state index in [2.05, 4.69) is 20.6 Å². The van der Waals surface area contributed by atoms with Crippen LogP contribution in [0.5, 0.6) is 0 Å². The average molecular weight is 384 g/mol. The predicted octanol–water partition coefficient (Wildman–Crippen LogP) is 4.73. The Balaban J connectivity index is 1.79. The standard InChI is InChI=1S/C20H18F2N4O2/c1-3-28-19(27)13-7-9-14(10-8-13)24-20-23-12(2)11-17(26-20)25-18-15(21)5-4-6-16(18)22/h4-11H,3H2,1-2H3,(H2,23,24,25,26). The van der Waals surface area contributed by atoms with Crippen LogP contribution in [0.25, 0.3) is 0 Å². The molecule has 0 bridgehead atoms. The molecule has 8 heteroatoms. The van der Waals surface area contributed by atoms with Gasteiger partial charge in [-0.3, -0.25) is 0 Å². The van der Waals surface area contributed by atoms with Crippen molar-refractivity contribution < 1.29 is 18.3 Å². The lowest BCUT2D eigenvalue weighted by Gasteiger charge is -2.11. The maximum atomic E-state index is 13.8. The number of para-hydroxylation sites is 1. The topological polar surface area (TPSA) is 76.1 Å². The van der Waals surface area contributed by atoms with Gasteiger partial charge < -0.3 is 15.4 Å². The highest BCUT2D eigenvalue weighted by atomic mass is 19.1. The Morgan fingerprint density at radius 1 is 1.04 bits per heavy atom. The molecule has 0 amide bonds. The third-order valence-corrected chi connectivity index (χ3v) is 3.72. The molecule has 0 saturated heterocycles. The molecule has 2 aromatic carbocycles. The molecule has 2 N–H and O–H groups in total. The number of halogens is 2. The molecule has 0 aliphatic heterocycles. The molecule has 0 spiro atoms. The second kappa shape index (κ2) is 8.43. The van der Waals surface area contributed by atoms with Crippen LogP contribution in [-0.4, -0.2) is 22.5 Å². The lowest BCUT2D eigenvalue weighted by Crippen LogP contribution is -2.06. The van der Waals surface area contributed by atoms with Gasteiger partial charge in [-0.2, -0.15) is 4.98 Å². The van der Waals surface area contributed by atoms with E-state index in [1.54, 1.807) is 44.2 Å². The molecular formula is C20H18F2N4O2. The van der Waals surface area contributed by atoms with E-state index in [4.69, 9.17) is 4.74 Å². The zero-order valence-corrected chi connectivity index (χ0v) is 15.3. The highest BCUT2D eigenvalue weighted by Crippen LogP contribution is 2.24. The van der Waals surface area contributed by atoms with Gasteiger partial charge in [-0.05, 0) is 50.2 Å². The van der Waals surface area contributed by atoms with E-state index in [1.165, 1.54) is 6.07 Å². The maximum Gasteiger partial charge on any atom is 0.338 e. The average Bonchev–Trinajstić information content (AvgIpc) is 2.65. The summed E-state index contributed by atoms with van der Waals surface area (Å²) in [6.07, 6.45) is 0. The Labute approximate surface area is 160 Å². The molecule has 0 atom stereocenters. The fraction of sp³-hybridized carbons (Fsp3) is 0.150. The van der Waals surface area contributed by atoms with Crippen LogP contribution in [0.15, 0.2) is 48.5 Å². The first kappa shape index (κ1) is 19.2. The quantitative estimate of drug-likeness (QED) is 0.599. The molecule has 1 aromatic heterocycles. The van der Waals surface area contributed by atoms with E-state index in [-0.39, 0.29) is 17.5 Å². The van der Waals surface area contributed by atoms with Crippen LogP contribution in [0.1, 0.15) is 23.0 Å². The van der Waals surface area contributed by atoms with E-state index < -0.39 is 17.6 Å². The van der Waals surface area contributed by atoms with Crippen molar-refractivity contribution in [3.05, 3.63) is 71.4 Å². The van der Waals surface area contributed by atoms with Crippen molar-refractivity contribution in [2.24, 2.45) is 0 Å². The Kier molecular flexibility index (Phi) is 5.78. The van der Waals surface area contributed by atoms with Gasteiger partial charge in [0.15, 0.2) is 0 Å². The third kappa shape index (κ3) is 4.59. The summed E-state index contributed by atoms with van der Waals surface area (Å²) in [5.74, 6) is -1.37. The predicted molar refractivity (Wildman–Crippen MR) is 102 cm³/mol. The number of carbonyl (C=O) groups excluding carboxylic acids is 1. The van der Waals surface area contributed by atoms with Crippen molar-refractivity contribution in [3.63, 3.8) is 0 Å². The minimum Gasteiger partial charge on any atom is -0.462 e. The number of rotatable bonds is 6. The second-order valence-electron chi connectivity index (χ2n) is 5.86. The van der Waals surface area contributed by atoms with Crippen LogP contribution < -0.4 is 10.6 Å². The summed E-state index contributed by atoms with van der Waals surface area (Å²) in [5, 5.41) is 5.64. The molecule has 0 saturated carbocycles. The van der Waals surface area contributed by atoms with Crippen LogP contribution in [0.4, 0.5) is 31.9 Å². The lowest BCUT2D eigenvalue weighted by atomic mass is 10.2. The number of carbonyl (C=O) groups is 1. The van der Waals surface area contributed by atoms with Gasteiger partial charge in [0.2, 0.25) is 5.95 Å². The largest absolute Gasteiger partial charge is 0.462 e. The molecule has 28 heavy (non-hydrogen) atoms. The van der Waals surface area contributed by atoms with E-state index in [9.17, 15) is 13.6 Å². The number of esters is 1. The van der Waals surface area contributed by atoms with Gasteiger partial charge in [-0.15, -0.1) is 0 Å². The van der Waals surface area contributed by atoms with Crippen LogP contribution in [0, 0.1) is 18.6 Å². The van der Waals surface area contributed by atoms with Crippen LogP contribution in [0.3, 0.4) is 0 Å². The van der Waals surface area contributed by atoms with Crippen molar-refractivity contribution in [2.45, 2.75) is 13.8 Å². The number of aromatic nitrogens is 2. The summed E-state index contributed by atoms with van der Waals surface area (Å²) in [6.45, 7) is 3.77. The summed E-state index contributed by atoms with van der Waals surface area (Å²) >= 11 is 0. The normalized spacial score (nSPS) is 10.4. The fourth-order valence-electron chi connectivity index (χ4n) is 2.47. The van der Waals surface area contributed by atoms with E-state index in [1.807, 2.05) is 0 Å². The second-order valence-corrected chi connectivity index (χ2v) is 5.86. The highest BCUT2D eigenvalue weighted by Gasteiger charge is 2.11. The number of nitrogens with zero attached hydrogens (tertiary/aromatic N) is 2. The number of aryl methyl sites for hydroxylation is 1. The zero-order chi connectivity index (χ0) is 20.1. The van der Waals surface area contributed by atoms with Gasteiger partial charge in [-0.1, -0.05) is 6.07 Å². The van der Waals surface area contributed by atoms with Gasteiger partial charge >= 0.3 is 5.97 Å². The van der Waals surface area contributed by atoms with Gasteiger partial charge in [0.25, 0.3) is 0 Å². The molecule has 1 heterocycles. The van der Waals surface area contributed by atoms with Crippen molar-refractivity contribution >= 4 is 29.1 Å². The number of hydrogen-bond donors (Lipinski definition) is 2. The molecule has 144 valence electrons. The number of anilines is 4. The third-order valence-electron chi connectivity index (χ3n) is 3.72. The molecule has 6 nitrogen and oxygen atoms in total. The molecular weight excluding hydrogens is 366 g/mol. The molecule has 0 aliphatic carbocycles. The summed E-state index contributed by atoms with van der Waals surface area (Å²) in [4.78, 5) is 20.2. The Morgan fingerprint density at radius 3 is 2.36 bits per heavy atom. The Hall–Kier alpha value is -3.55. The zero-order valence-electron chi connectivity index (χ0n) is 15.3. The van der Waals surface area contributed by atoms with Gasteiger partial charge in [-0.25, -0.2) is 18.6 Å². The number of ether oxygens (including phenoxy) is 1. The van der Waals surface area contributed by atoms with Crippen LogP contribution in [0.2, 0.25) is 0 Å². The van der Waals surface area contributed by atoms with Gasteiger partial charge in [0.05, 0.1) is 12.2 Å². The highest BCUT2D eigenvalue weighted by molar-refractivity contribution is 5.89. The summed E-state index contributed by atoms with van der Waals surface area (Å²) < 4.78 is 32.6. The van der Waals surface area contributed by atoms with Gasteiger partial charge in [0.1, 0.15) is 23.1 Å². The van der Waals surface area contributed by atoms with E-state index >= 15 is 0 Å². The summed E-state index contributed by atoms with van der Waals surface area (Å²) in [5.41, 5.74) is 1.38. The van der Waals surface area contributed by atoms with Gasteiger partial charge in [0, 0.05) is 17.4 Å². The van der Waals surface area contributed by atoms with Crippen molar-refractivity contribution in [1.82, 2.24) is 9.97 Å². The Morgan fingerprint density at radius 2 is 1.71 bits per heavy atom. The Bertz CT molecular complexity index is 974. The van der Waals surface area contributed by atoms with Crippen molar-refractivity contribution in [1.29, 1.82) is 0 Å². The first-order chi connectivity index (χ1) is 13.5. The SMILES string of the molecule is CCOC(=O)c1ccc(Nc2nc(C)cc(Nc3c(F)cccc3F)n2)cc1. The van der Waals surface area contributed by atoms with E-state index in [0.717, 1.165) is 12.1 Å². The van der Waals surface area contributed by atoms with Crippen LogP contribution >= 0.6 is 0 Å². The number of nitrogens with one attached hydrogen (secondary N) is 2. The monoisotopic (exact) mass is 384 g/mol. The van der Waals surface area contributed by atoms with Crippen LogP contribution in [-0.2, 0) is 4.74 Å². The summed E-state index contributed by atoms with van der Waals surface area (Å²) in [7, 11) is 0. The van der Waals surface area contributed by atoms with Crippen molar-refractivity contribution in [3.8, 4) is 0 Å². The minimum absolute atomic E-state index is 0.238. The molecule has 0 unspecified atom stereocenters. The fourth-order valence-corrected chi connectivity index (χ4v) is 2.47. The van der Waals surface area contributed by atoms with Crippen molar-refractivity contribution in [2.75, 3.05) is 17.2 Å². The lowest BCUT2D eigenvalue weighted by molar-refractivity contribution is 0.0526. The molecule has 0 fully saturated rings. The maximum absolute atomic E-state index is 13.8. The summed E-state index contributed by atoms with van der Waals surface area (Å²) in [6, 6.07) is 11.8. The molecule has 3 aromatic rings.